The number of nitrogens with two attached hydrogens (primary N) is 1. The SMILES string of the molecule is CNC(=O)C(Cc1ccccc1)CC(O)[C@@H](N)CC1CCCCC1.Cl. The number of hydrogen-bond donors (Lipinski definition) is 3. The second-order valence-electron chi connectivity index (χ2n) is 7.21. The van der Waals surface area contributed by atoms with E-state index in [4.69, 9.17) is 5.73 Å². The summed E-state index contributed by atoms with van der Waals surface area (Å²) in [6.45, 7) is 0. The molecule has 0 bridgehead atoms. The second-order valence-corrected chi connectivity index (χ2v) is 7.21. The van der Waals surface area contributed by atoms with Crippen molar-refractivity contribution in [2.24, 2.45) is 17.6 Å². The van der Waals surface area contributed by atoms with Crippen molar-refractivity contribution in [2.45, 2.75) is 63.5 Å². The summed E-state index contributed by atoms with van der Waals surface area (Å²) >= 11 is 0. The summed E-state index contributed by atoms with van der Waals surface area (Å²) in [4.78, 5) is 12.2. The minimum atomic E-state index is -0.627. The molecule has 1 saturated carbocycles. The molecule has 0 heterocycles. The van der Waals surface area contributed by atoms with Crippen molar-refractivity contribution >= 4 is 18.3 Å². The van der Waals surface area contributed by atoms with Gasteiger partial charge in [0.1, 0.15) is 0 Å². The van der Waals surface area contributed by atoms with Crippen LogP contribution in [0.3, 0.4) is 0 Å². The van der Waals surface area contributed by atoms with Crippen LogP contribution in [0.1, 0.15) is 50.5 Å². The third-order valence-electron chi connectivity index (χ3n) is 5.29. The Bertz CT molecular complexity index is 492. The number of aliphatic hydroxyl groups excluding tert-OH is 1. The highest BCUT2D eigenvalue weighted by atomic mass is 35.5. The summed E-state index contributed by atoms with van der Waals surface area (Å²) in [5.41, 5.74) is 7.36. The van der Waals surface area contributed by atoms with Crippen LogP contribution in [0.25, 0.3) is 0 Å². The van der Waals surface area contributed by atoms with Crippen molar-refractivity contribution in [3.8, 4) is 0 Å². The van der Waals surface area contributed by atoms with Gasteiger partial charge in [0.25, 0.3) is 0 Å². The molecule has 4 N–H and O–H groups in total. The molecule has 142 valence electrons. The fourth-order valence-corrected chi connectivity index (χ4v) is 3.82. The molecule has 1 amide bonds. The highest BCUT2D eigenvalue weighted by Gasteiger charge is 2.27. The molecule has 5 heteroatoms. The summed E-state index contributed by atoms with van der Waals surface area (Å²) in [6, 6.07) is 9.71. The molecule has 1 aromatic rings. The Labute approximate surface area is 158 Å². The molecule has 1 aliphatic carbocycles. The maximum Gasteiger partial charge on any atom is 0.223 e. The molecule has 1 aromatic carbocycles. The number of benzene rings is 1. The number of rotatable bonds is 8. The largest absolute Gasteiger partial charge is 0.391 e. The van der Waals surface area contributed by atoms with Gasteiger partial charge in [0.2, 0.25) is 5.91 Å². The Hall–Kier alpha value is -1.10. The molecule has 4 nitrogen and oxygen atoms in total. The highest BCUT2D eigenvalue weighted by molar-refractivity contribution is 5.85. The van der Waals surface area contributed by atoms with E-state index in [1.807, 2.05) is 30.3 Å². The monoisotopic (exact) mass is 368 g/mol. The van der Waals surface area contributed by atoms with Gasteiger partial charge in [0.15, 0.2) is 0 Å². The van der Waals surface area contributed by atoms with Crippen LogP contribution in [0.4, 0.5) is 0 Å². The van der Waals surface area contributed by atoms with E-state index in [1.165, 1.54) is 32.1 Å². The third kappa shape index (κ3) is 7.35. The molecule has 2 rings (SSSR count). The standard InChI is InChI=1S/C20H32N2O2.ClH/c1-22-20(24)17(12-15-8-4-2-5-9-15)14-19(23)18(21)13-16-10-6-3-7-11-16;/h2,4-5,8-9,16-19,23H,3,6-7,10-14,21H2,1H3,(H,22,24);1H/t17?,18-,19?;/m0./s1. The Morgan fingerprint density at radius 3 is 2.48 bits per heavy atom. The van der Waals surface area contributed by atoms with Gasteiger partial charge in [-0.1, -0.05) is 62.4 Å². The first kappa shape index (κ1) is 21.9. The Kier molecular flexibility index (Phi) is 10.1. The van der Waals surface area contributed by atoms with Crippen LogP contribution < -0.4 is 11.1 Å². The lowest BCUT2D eigenvalue weighted by Crippen LogP contribution is -2.41. The fraction of sp³-hybridized carbons (Fsp3) is 0.650. The van der Waals surface area contributed by atoms with Crippen LogP contribution in [-0.2, 0) is 11.2 Å². The van der Waals surface area contributed by atoms with E-state index in [9.17, 15) is 9.90 Å². The highest BCUT2D eigenvalue weighted by Crippen LogP contribution is 2.28. The maximum atomic E-state index is 12.2. The number of nitrogens with one attached hydrogen (secondary N) is 1. The minimum absolute atomic E-state index is 0. The summed E-state index contributed by atoms with van der Waals surface area (Å²) in [6.07, 6.45) is 7.63. The van der Waals surface area contributed by atoms with Crippen LogP contribution in [0.15, 0.2) is 30.3 Å². The molecule has 1 fully saturated rings. The summed E-state index contributed by atoms with van der Waals surface area (Å²) < 4.78 is 0. The van der Waals surface area contributed by atoms with Crippen LogP contribution in [0.2, 0.25) is 0 Å². The zero-order valence-corrected chi connectivity index (χ0v) is 16.0. The lowest BCUT2D eigenvalue weighted by atomic mass is 9.82. The van der Waals surface area contributed by atoms with Gasteiger partial charge in [0.05, 0.1) is 6.10 Å². The van der Waals surface area contributed by atoms with Crippen molar-refractivity contribution in [1.82, 2.24) is 5.32 Å². The first-order valence-corrected chi connectivity index (χ1v) is 9.29. The molecule has 2 unspecified atom stereocenters. The molecule has 3 atom stereocenters. The van der Waals surface area contributed by atoms with Gasteiger partial charge < -0.3 is 16.2 Å². The van der Waals surface area contributed by atoms with E-state index < -0.39 is 6.10 Å². The minimum Gasteiger partial charge on any atom is -0.391 e. The number of carbonyl (C=O) groups excluding carboxylic acids is 1. The third-order valence-corrected chi connectivity index (χ3v) is 5.29. The average molecular weight is 369 g/mol. The molecular formula is C20H33ClN2O2. The topological polar surface area (TPSA) is 75.3 Å². The maximum absolute atomic E-state index is 12.2. The summed E-state index contributed by atoms with van der Waals surface area (Å²) in [5.74, 6) is 0.364. The molecule has 0 aliphatic heterocycles. The molecule has 1 aliphatic rings. The van der Waals surface area contributed by atoms with Crippen molar-refractivity contribution in [3.63, 3.8) is 0 Å². The number of hydrogen-bond acceptors (Lipinski definition) is 3. The van der Waals surface area contributed by atoms with Gasteiger partial charge in [-0.3, -0.25) is 4.79 Å². The van der Waals surface area contributed by atoms with Gasteiger partial charge in [0, 0.05) is 19.0 Å². The molecular weight excluding hydrogens is 336 g/mol. The van der Waals surface area contributed by atoms with Crippen molar-refractivity contribution < 1.29 is 9.90 Å². The summed E-state index contributed by atoms with van der Waals surface area (Å²) in [5, 5.41) is 13.3. The Morgan fingerprint density at radius 2 is 1.88 bits per heavy atom. The van der Waals surface area contributed by atoms with Crippen LogP contribution in [-0.4, -0.2) is 30.2 Å². The zero-order valence-electron chi connectivity index (χ0n) is 15.2. The fourth-order valence-electron chi connectivity index (χ4n) is 3.82. The van der Waals surface area contributed by atoms with Gasteiger partial charge in [-0.05, 0) is 30.7 Å². The first-order chi connectivity index (χ1) is 11.6. The number of carbonyl (C=O) groups is 1. The number of aliphatic hydroxyl groups is 1. The van der Waals surface area contributed by atoms with E-state index in [0.717, 1.165) is 12.0 Å². The van der Waals surface area contributed by atoms with E-state index in [-0.39, 0.29) is 30.3 Å². The zero-order chi connectivity index (χ0) is 17.4. The Balaban J connectivity index is 0.00000312. The first-order valence-electron chi connectivity index (χ1n) is 9.29. The summed E-state index contributed by atoms with van der Waals surface area (Å²) in [7, 11) is 1.65. The van der Waals surface area contributed by atoms with Crippen LogP contribution in [0.5, 0.6) is 0 Å². The van der Waals surface area contributed by atoms with Crippen molar-refractivity contribution in [2.75, 3.05) is 7.05 Å². The molecule has 0 aromatic heterocycles. The Morgan fingerprint density at radius 1 is 1.24 bits per heavy atom. The van der Waals surface area contributed by atoms with Crippen molar-refractivity contribution in [1.29, 1.82) is 0 Å². The second kappa shape index (κ2) is 11.5. The van der Waals surface area contributed by atoms with Crippen LogP contribution in [0, 0.1) is 11.8 Å². The van der Waals surface area contributed by atoms with Crippen LogP contribution >= 0.6 is 12.4 Å². The quantitative estimate of drug-likeness (QED) is 0.660. The lowest BCUT2D eigenvalue weighted by molar-refractivity contribution is -0.125. The predicted octanol–water partition coefficient (Wildman–Crippen LogP) is 3.06. The average Bonchev–Trinajstić information content (AvgIpc) is 2.62. The molecule has 0 saturated heterocycles. The van der Waals surface area contributed by atoms with Crippen molar-refractivity contribution in [3.05, 3.63) is 35.9 Å². The molecule has 0 spiro atoms. The molecule has 0 radical (unpaired) electrons. The predicted molar refractivity (Wildman–Crippen MR) is 105 cm³/mol. The van der Waals surface area contributed by atoms with Gasteiger partial charge in [-0.2, -0.15) is 0 Å². The van der Waals surface area contributed by atoms with E-state index in [1.54, 1.807) is 7.05 Å². The van der Waals surface area contributed by atoms with Gasteiger partial charge >= 0.3 is 0 Å². The molecule has 25 heavy (non-hydrogen) atoms. The van der Waals surface area contributed by atoms with Gasteiger partial charge in [-0.25, -0.2) is 0 Å². The van der Waals surface area contributed by atoms with E-state index in [2.05, 4.69) is 5.32 Å². The van der Waals surface area contributed by atoms with Gasteiger partial charge in [-0.15, -0.1) is 12.4 Å². The van der Waals surface area contributed by atoms with E-state index in [0.29, 0.717) is 18.8 Å². The smallest absolute Gasteiger partial charge is 0.223 e. The lowest BCUT2D eigenvalue weighted by Gasteiger charge is -2.28. The van der Waals surface area contributed by atoms with E-state index >= 15 is 0 Å². The normalized spacial score (nSPS) is 18.7. The number of halogens is 1. The number of amides is 1.